The fourth-order valence-electron chi connectivity index (χ4n) is 1.87. The van der Waals surface area contributed by atoms with Crippen LogP contribution in [0.4, 0.5) is 0 Å². The second-order valence-corrected chi connectivity index (χ2v) is 11.2. The van der Waals surface area contributed by atoms with E-state index in [0.29, 0.717) is 29.4 Å². The fourth-order valence-corrected chi connectivity index (χ4v) is 5.19. The van der Waals surface area contributed by atoms with E-state index in [9.17, 15) is 18.0 Å². The molecule has 0 fully saturated rings. The number of thioether (sulfide) groups is 2. The third-order valence-electron chi connectivity index (χ3n) is 3.44. The van der Waals surface area contributed by atoms with E-state index >= 15 is 0 Å². The first-order valence-corrected chi connectivity index (χ1v) is 14.4. The van der Waals surface area contributed by atoms with Crippen molar-refractivity contribution in [1.29, 1.82) is 0 Å². The number of hydrogen-bond donors (Lipinski definition) is 1. The summed E-state index contributed by atoms with van der Waals surface area (Å²) in [6, 6.07) is 0. The van der Waals surface area contributed by atoms with Gasteiger partial charge in [0.1, 0.15) is 13.2 Å². The molecular weight excluding hydrogens is 444 g/mol. The van der Waals surface area contributed by atoms with Crippen LogP contribution in [0.2, 0.25) is 0 Å². The summed E-state index contributed by atoms with van der Waals surface area (Å²) >= 11 is 1.41. The van der Waals surface area contributed by atoms with Crippen LogP contribution in [-0.2, 0) is 40.9 Å². The Kier molecular flexibility index (Phi) is 17.7. The molecular formula is C17H32O7S4. The van der Waals surface area contributed by atoms with Crippen LogP contribution >= 0.6 is 23.5 Å². The number of hydrogen-bond acceptors (Lipinski definition) is 8. The van der Waals surface area contributed by atoms with Gasteiger partial charge >= 0.3 is 11.9 Å². The fraction of sp³-hybridized carbons (Fsp3) is 0.882. The molecule has 0 aromatic heterocycles. The molecule has 0 rings (SSSR count). The lowest BCUT2D eigenvalue weighted by Gasteiger charge is -2.13. The lowest BCUT2D eigenvalue weighted by atomic mass is 10.2. The van der Waals surface area contributed by atoms with Crippen molar-refractivity contribution in [2.45, 2.75) is 26.7 Å². The Balaban J connectivity index is 3.71. The third kappa shape index (κ3) is 16.8. The average molecular weight is 477 g/mol. The van der Waals surface area contributed by atoms with Gasteiger partial charge in [-0.1, -0.05) is 13.8 Å². The number of carbonyl (C=O) groups excluding carboxylic acids is 2. The predicted octanol–water partition coefficient (Wildman–Crippen LogP) is 2.19. The first-order chi connectivity index (χ1) is 13.2. The lowest BCUT2D eigenvalue weighted by molar-refractivity contribution is -0.155. The third-order valence-corrected chi connectivity index (χ3v) is 7.57. The zero-order valence-corrected chi connectivity index (χ0v) is 20.0. The molecule has 0 aliphatic heterocycles. The molecule has 7 nitrogen and oxygen atoms in total. The van der Waals surface area contributed by atoms with E-state index in [1.807, 2.05) is 0 Å². The predicted molar refractivity (Wildman–Crippen MR) is 119 cm³/mol. The van der Waals surface area contributed by atoms with Crippen LogP contribution < -0.4 is 0 Å². The number of esters is 2. The Labute approximate surface area is 181 Å². The van der Waals surface area contributed by atoms with Gasteiger partial charge in [0.15, 0.2) is 11.1 Å². The molecule has 0 aromatic rings. The van der Waals surface area contributed by atoms with Crippen LogP contribution in [0.25, 0.3) is 0 Å². The van der Waals surface area contributed by atoms with Crippen molar-refractivity contribution >= 4 is 57.3 Å². The maximum absolute atomic E-state index is 11.9. The van der Waals surface area contributed by atoms with Gasteiger partial charge in [-0.2, -0.15) is 23.5 Å². The number of ether oxygens (including phenoxy) is 2. The Morgan fingerprint density at radius 1 is 0.893 bits per heavy atom. The quantitative estimate of drug-likeness (QED) is 0.192. The minimum Gasteiger partial charge on any atom is -0.462 e. The molecule has 11 heteroatoms. The topological polar surface area (TPSA) is 107 Å². The van der Waals surface area contributed by atoms with Gasteiger partial charge in [-0.05, 0) is 24.3 Å². The highest BCUT2D eigenvalue weighted by atomic mass is 32.2. The van der Waals surface area contributed by atoms with Crippen molar-refractivity contribution in [2.24, 2.45) is 11.8 Å². The molecule has 0 radical (unpaired) electrons. The molecule has 1 N–H and O–H groups in total. The van der Waals surface area contributed by atoms with Crippen LogP contribution in [-0.4, -0.2) is 78.9 Å². The molecule has 0 bridgehead atoms. The van der Waals surface area contributed by atoms with Crippen LogP contribution in [0, 0.1) is 11.8 Å². The molecule has 0 aliphatic carbocycles. The van der Waals surface area contributed by atoms with Crippen molar-refractivity contribution in [1.82, 2.24) is 0 Å². The maximum atomic E-state index is 11.9. The van der Waals surface area contributed by atoms with Crippen molar-refractivity contribution < 1.29 is 32.0 Å². The van der Waals surface area contributed by atoms with Gasteiger partial charge < -0.3 is 14.0 Å². The van der Waals surface area contributed by atoms with Gasteiger partial charge in [0.25, 0.3) is 0 Å². The van der Waals surface area contributed by atoms with E-state index in [1.54, 1.807) is 43.6 Å². The van der Waals surface area contributed by atoms with Gasteiger partial charge in [-0.25, -0.2) is 4.21 Å². The van der Waals surface area contributed by atoms with Gasteiger partial charge in [-0.3, -0.25) is 13.8 Å². The summed E-state index contributed by atoms with van der Waals surface area (Å²) in [6.07, 6.45) is 3.17. The Hall–Kier alpha value is -0.100. The SMILES string of the molecule is CC(CSCCCS(C)=O)C(=O)OCCOC(=O)C(C)CSCCCS(=O)O. The summed E-state index contributed by atoms with van der Waals surface area (Å²) in [4.78, 5) is 23.7. The zero-order valence-electron chi connectivity index (χ0n) is 16.8. The average Bonchev–Trinajstić information content (AvgIpc) is 2.63. The monoisotopic (exact) mass is 476 g/mol. The Bertz CT molecular complexity index is 458. The molecule has 4 unspecified atom stereocenters. The lowest BCUT2D eigenvalue weighted by Crippen LogP contribution is -2.23. The molecule has 28 heavy (non-hydrogen) atoms. The van der Waals surface area contributed by atoms with E-state index in [-0.39, 0.29) is 42.7 Å². The van der Waals surface area contributed by atoms with Crippen molar-refractivity contribution in [3.05, 3.63) is 0 Å². The van der Waals surface area contributed by atoms with Crippen molar-refractivity contribution in [2.75, 3.05) is 54.0 Å². The molecule has 4 atom stereocenters. The smallest absolute Gasteiger partial charge is 0.309 e. The normalized spacial score (nSPS) is 15.4. The summed E-state index contributed by atoms with van der Waals surface area (Å²) in [5, 5.41) is 0. The first kappa shape index (κ1) is 27.9. The van der Waals surface area contributed by atoms with Crippen LogP contribution in [0.5, 0.6) is 0 Å². The molecule has 0 saturated carbocycles. The molecule has 0 amide bonds. The molecule has 0 aromatic carbocycles. The summed E-state index contributed by atoms with van der Waals surface area (Å²) in [5.41, 5.74) is 0. The summed E-state index contributed by atoms with van der Waals surface area (Å²) in [6.45, 7) is 3.63. The van der Waals surface area contributed by atoms with Crippen LogP contribution in [0.1, 0.15) is 26.7 Å². The Morgan fingerprint density at radius 2 is 1.32 bits per heavy atom. The highest BCUT2D eigenvalue weighted by Crippen LogP contribution is 2.13. The highest BCUT2D eigenvalue weighted by molar-refractivity contribution is 7.99. The molecule has 0 aliphatic rings. The summed E-state index contributed by atoms with van der Waals surface area (Å²) < 4.78 is 40.4. The van der Waals surface area contributed by atoms with Gasteiger partial charge in [0.2, 0.25) is 0 Å². The number of rotatable bonds is 17. The van der Waals surface area contributed by atoms with Gasteiger partial charge in [0.05, 0.1) is 17.6 Å². The molecule has 0 heterocycles. The van der Waals surface area contributed by atoms with E-state index in [1.165, 1.54) is 0 Å². The van der Waals surface area contributed by atoms with E-state index in [0.717, 1.165) is 12.2 Å². The van der Waals surface area contributed by atoms with Crippen molar-refractivity contribution in [3.8, 4) is 0 Å². The maximum Gasteiger partial charge on any atom is 0.309 e. The first-order valence-electron chi connectivity index (χ1n) is 9.10. The minimum absolute atomic E-state index is 0.0330. The van der Waals surface area contributed by atoms with Crippen LogP contribution in [0.3, 0.4) is 0 Å². The zero-order chi connectivity index (χ0) is 21.4. The highest BCUT2D eigenvalue weighted by Gasteiger charge is 2.16. The minimum atomic E-state index is -1.77. The summed E-state index contributed by atoms with van der Waals surface area (Å²) in [5.74, 6) is 2.55. The van der Waals surface area contributed by atoms with Crippen molar-refractivity contribution in [3.63, 3.8) is 0 Å². The standard InChI is InChI=1S/C17H32O7S4/c1-14(12-25-8-4-10-27(3)20)16(18)23-6-7-24-17(19)15(2)13-26-9-5-11-28(21)22/h14-15H,4-13H2,1-3H3,(H,21,22). The second-order valence-electron chi connectivity index (χ2n) is 6.30. The van der Waals surface area contributed by atoms with E-state index in [2.05, 4.69) is 0 Å². The van der Waals surface area contributed by atoms with Gasteiger partial charge in [-0.15, -0.1) is 0 Å². The Morgan fingerprint density at radius 3 is 1.71 bits per heavy atom. The van der Waals surface area contributed by atoms with Gasteiger partial charge in [0, 0.05) is 34.3 Å². The largest absolute Gasteiger partial charge is 0.462 e. The van der Waals surface area contributed by atoms with E-state index < -0.39 is 21.9 Å². The molecule has 0 saturated heterocycles. The van der Waals surface area contributed by atoms with Crippen LogP contribution in [0.15, 0.2) is 0 Å². The van der Waals surface area contributed by atoms with E-state index in [4.69, 9.17) is 14.0 Å². The molecule has 166 valence electrons. The second kappa shape index (κ2) is 17.7. The number of carbonyl (C=O) groups is 2. The molecule has 0 spiro atoms. The summed E-state index contributed by atoms with van der Waals surface area (Å²) in [7, 11) is -0.774.